The fourth-order valence-corrected chi connectivity index (χ4v) is 2.20. The van der Waals surface area contributed by atoms with E-state index in [0.717, 1.165) is 23.4 Å². The molecule has 1 heterocycles. The van der Waals surface area contributed by atoms with Crippen molar-refractivity contribution in [1.29, 1.82) is 0 Å². The molecular weight excluding hydrogens is 268 g/mol. The summed E-state index contributed by atoms with van der Waals surface area (Å²) in [6, 6.07) is 7.60. The van der Waals surface area contributed by atoms with Crippen LogP contribution in [0.2, 0.25) is 0 Å². The Morgan fingerprint density at radius 3 is 2.62 bits per heavy atom. The van der Waals surface area contributed by atoms with E-state index >= 15 is 0 Å². The summed E-state index contributed by atoms with van der Waals surface area (Å²) in [5.74, 6) is 0.885. The van der Waals surface area contributed by atoms with Crippen molar-refractivity contribution in [1.82, 2.24) is 9.78 Å². The Morgan fingerprint density at radius 2 is 2.05 bits per heavy atom. The molecule has 112 valence electrons. The molecule has 0 radical (unpaired) electrons. The van der Waals surface area contributed by atoms with Crippen molar-refractivity contribution in [3.05, 3.63) is 41.7 Å². The van der Waals surface area contributed by atoms with Crippen LogP contribution >= 0.6 is 0 Å². The summed E-state index contributed by atoms with van der Waals surface area (Å²) in [6.45, 7) is 5.10. The maximum absolute atomic E-state index is 11.2. The highest BCUT2D eigenvalue weighted by molar-refractivity contribution is 5.76. The van der Waals surface area contributed by atoms with E-state index in [1.165, 1.54) is 0 Å². The number of aromatic nitrogens is 2. The predicted octanol–water partition coefficient (Wildman–Crippen LogP) is 2.83. The number of ether oxygens (including phenoxy) is 2. The zero-order valence-corrected chi connectivity index (χ0v) is 12.6. The molecule has 1 aromatic carbocycles. The maximum atomic E-state index is 11.2. The molecule has 1 aromatic heterocycles. The van der Waals surface area contributed by atoms with Crippen LogP contribution < -0.4 is 4.74 Å². The number of hydrogen-bond donors (Lipinski definition) is 0. The van der Waals surface area contributed by atoms with Crippen molar-refractivity contribution in [3.8, 4) is 11.4 Å². The SMILES string of the molecule is CCOc1ccc(-n2cc(C=O)c(C(C)COC)n2)cc1. The summed E-state index contributed by atoms with van der Waals surface area (Å²) in [5, 5.41) is 4.51. The Kier molecular flexibility index (Phi) is 5.11. The molecule has 5 nitrogen and oxygen atoms in total. The quantitative estimate of drug-likeness (QED) is 0.735. The second kappa shape index (κ2) is 7.04. The Balaban J connectivity index is 2.29. The molecule has 0 saturated heterocycles. The summed E-state index contributed by atoms with van der Waals surface area (Å²) < 4.78 is 12.3. The molecular formula is C16H20N2O3. The van der Waals surface area contributed by atoms with Crippen molar-refractivity contribution in [2.75, 3.05) is 20.3 Å². The van der Waals surface area contributed by atoms with Gasteiger partial charge in [0.05, 0.1) is 30.2 Å². The van der Waals surface area contributed by atoms with E-state index in [4.69, 9.17) is 9.47 Å². The molecule has 1 atom stereocenters. The zero-order chi connectivity index (χ0) is 15.2. The average Bonchev–Trinajstić information content (AvgIpc) is 2.93. The van der Waals surface area contributed by atoms with Crippen LogP contribution in [0.5, 0.6) is 5.75 Å². The molecule has 0 saturated carbocycles. The highest BCUT2D eigenvalue weighted by Crippen LogP contribution is 2.21. The molecule has 21 heavy (non-hydrogen) atoms. The highest BCUT2D eigenvalue weighted by Gasteiger charge is 2.16. The van der Waals surface area contributed by atoms with E-state index in [1.54, 1.807) is 18.0 Å². The fourth-order valence-electron chi connectivity index (χ4n) is 2.20. The van der Waals surface area contributed by atoms with Gasteiger partial charge < -0.3 is 9.47 Å². The zero-order valence-electron chi connectivity index (χ0n) is 12.6. The summed E-state index contributed by atoms with van der Waals surface area (Å²) in [6.07, 6.45) is 2.57. The maximum Gasteiger partial charge on any atom is 0.153 e. The monoisotopic (exact) mass is 288 g/mol. The van der Waals surface area contributed by atoms with Crippen LogP contribution in [0.3, 0.4) is 0 Å². The van der Waals surface area contributed by atoms with Gasteiger partial charge in [0.15, 0.2) is 6.29 Å². The third-order valence-corrected chi connectivity index (χ3v) is 3.20. The van der Waals surface area contributed by atoms with Crippen molar-refractivity contribution in [2.45, 2.75) is 19.8 Å². The minimum absolute atomic E-state index is 0.0687. The standard InChI is InChI=1S/C16H20N2O3/c1-4-21-15-7-5-14(6-8-15)18-9-13(10-19)16(17-18)12(2)11-20-3/h5-10,12H,4,11H2,1-3H3. The van der Waals surface area contributed by atoms with Gasteiger partial charge in [0.2, 0.25) is 0 Å². The number of benzene rings is 1. The number of carbonyl (C=O) groups is 1. The molecule has 2 aromatic rings. The van der Waals surface area contributed by atoms with Crippen molar-refractivity contribution in [3.63, 3.8) is 0 Å². The smallest absolute Gasteiger partial charge is 0.153 e. The molecule has 0 aliphatic rings. The molecule has 0 amide bonds. The van der Waals surface area contributed by atoms with Gasteiger partial charge in [-0.2, -0.15) is 5.10 Å². The lowest BCUT2D eigenvalue weighted by atomic mass is 10.1. The minimum atomic E-state index is 0.0687. The van der Waals surface area contributed by atoms with Crippen LogP contribution in [-0.4, -0.2) is 36.4 Å². The molecule has 1 unspecified atom stereocenters. The number of carbonyl (C=O) groups excluding carboxylic acids is 1. The Bertz CT molecular complexity index is 590. The van der Waals surface area contributed by atoms with Crippen molar-refractivity contribution < 1.29 is 14.3 Å². The van der Waals surface area contributed by atoms with Gasteiger partial charge in [-0.25, -0.2) is 4.68 Å². The number of nitrogens with zero attached hydrogens (tertiary/aromatic N) is 2. The van der Waals surface area contributed by atoms with E-state index in [0.29, 0.717) is 18.8 Å². The fraction of sp³-hybridized carbons (Fsp3) is 0.375. The first-order chi connectivity index (χ1) is 10.2. The van der Waals surface area contributed by atoms with E-state index < -0.39 is 0 Å². The van der Waals surface area contributed by atoms with Crippen LogP contribution in [0, 0.1) is 0 Å². The lowest BCUT2D eigenvalue weighted by Gasteiger charge is -2.08. The van der Waals surface area contributed by atoms with Crippen LogP contribution in [0.25, 0.3) is 5.69 Å². The summed E-state index contributed by atoms with van der Waals surface area (Å²) >= 11 is 0. The minimum Gasteiger partial charge on any atom is -0.494 e. The second-order valence-corrected chi connectivity index (χ2v) is 4.82. The molecule has 0 spiro atoms. The van der Waals surface area contributed by atoms with Crippen LogP contribution in [0.1, 0.15) is 35.8 Å². The summed E-state index contributed by atoms with van der Waals surface area (Å²) in [5.41, 5.74) is 2.23. The topological polar surface area (TPSA) is 53.4 Å². The summed E-state index contributed by atoms with van der Waals surface area (Å²) in [4.78, 5) is 11.2. The average molecular weight is 288 g/mol. The Hall–Kier alpha value is -2.14. The van der Waals surface area contributed by atoms with Gasteiger partial charge in [0, 0.05) is 19.2 Å². The van der Waals surface area contributed by atoms with E-state index in [1.807, 2.05) is 38.1 Å². The first kappa shape index (κ1) is 15.3. The number of hydrogen-bond acceptors (Lipinski definition) is 4. The van der Waals surface area contributed by atoms with E-state index in [-0.39, 0.29) is 5.92 Å². The predicted molar refractivity (Wildman–Crippen MR) is 80.4 cm³/mol. The largest absolute Gasteiger partial charge is 0.494 e. The molecule has 5 heteroatoms. The summed E-state index contributed by atoms with van der Waals surface area (Å²) in [7, 11) is 1.64. The lowest BCUT2D eigenvalue weighted by molar-refractivity contribution is 0.112. The number of methoxy groups -OCH3 is 1. The van der Waals surface area contributed by atoms with Crippen LogP contribution in [0.15, 0.2) is 30.5 Å². The molecule has 0 aliphatic carbocycles. The molecule has 0 aliphatic heterocycles. The van der Waals surface area contributed by atoms with Gasteiger partial charge in [-0.15, -0.1) is 0 Å². The molecule has 0 N–H and O–H groups in total. The Labute approximate surface area is 124 Å². The Morgan fingerprint density at radius 1 is 1.33 bits per heavy atom. The molecule has 0 fully saturated rings. The third kappa shape index (κ3) is 3.49. The van der Waals surface area contributed by atoms with Crippen LogP contribution in [-0.2, 0) is 4.74 Å². The lowest BCUT2D eigenvalue weighted by Crippen LogP contribution is -2.05. The van der Waals surface area contributed by atoms with Crippen molar-refractivity contribution >= 4 is 6.29 Å². The van der Waals surface area contributed by atoms with Gasteiger partial charge >= 0.3 is 0 Å². The van der Waals surface area contributed by atoms with Crippen molar-refractivity contribution in [2.24, 2.45) is 0 Å². The van der Waals surface area contributed by atoms with Gasteiger partial charge in [0.1, 0.15) is 5.75 Å². The third-order valence-electron chi connectivity index (χ3n) is 3.20. The van der Waals surface area contributed by atoms with Gasteiger partial charge in [-0.1, -0.05) is 6.92 Å². The first-order valence-electron chi connectivity index (χ1n) is 6.96. The van der Waals surface area contributed by atoms with Crippen LogP contribution in [0.4, 0.5) is 0 Å². The first-order valence-corrected chi connectivity index (χ1v) is 6.96. The normalized spacial score (nSPS) is 12.1. The second-order valence-electron chi connectivity index (χ2n) is 4.82. The molecule has 2 rings (SSSR count). The van der Waals surface area contributed by atoms with E-state index in [9.17, 15) is 4.79 Å². The highest BCUT2D eigenvalue weighted by atomic mass is 16.5. The number of aldehydes is 1. The number of rotatable bonds is 7. The van der Waals surface area contributed by atoms with Gasteiger partial charge in [-0.05, 0) is 31.2 Å². The molecule has 0 bridgehead atoms. The van der Waals surface area contributed by atoms with E-state index in [2.05, 4.69) is 5.10 Å². The van der Waals surface area contributed by atoms with Gasteiger partial charge in [-0.3, -0.25) is 4.79 Å². The van der Waals surface area contributed by atoms with Gasteiger partial charge in [0.25, 0.3) is 0 Å².